The van der Waals surface area contributed by atoms with Gasteiger partial charge in [0.05, 0.1) is 104 Å². The molecule has 0 aliphatic carbocycles. The maximum absolute atomic E-state index is 12.0. The van der Waals surface area contributed by atoms with E-state index < -0.39 is 7.12 Å². The van der Waals surface area contributed by atoms with E-state index in [1.165, 1.54) is 12.2 Å². The Morgan fingerprint density at radius 2 is 1.00 bits per heavy atom. The first-order valence-corrected chi connectivity index (χ1v) is 20.8. The number of benzene rings is 1. The van der Waals surface area contributed by atoms with Crippen LogP contribution >= 0.6 is 0 Å². The Labute approximate surface area is 349 Å². The quantitative estimate of drug-likeness (QED) is 0.0417. The van der Waals surface area contributed by atoms with Gasteiger partial charge in [-0.25, -0.2) is 0 Å². The molecular formula is C42H66BNO15. The number of hydrogen-bond acceptors (Lipinski definition) is 15. The Hall–Kier alpha value is -3.26. The van der Waals surface area contributed by atoms with Gasteiger partial charge in [0.15, 0.2) is 0 Å². The highest BCUT2D eigenvalue weighted by atomic mass is 16.7. The summed E-state index contributed by atoms with van der Waals surface area (Å²) in [5.74, 6) is -0.195. The summed E-state index contributed by atoms with van der Waals surface area (Å²) in [7, 11) is -0.393. The summed E-state index contributed by atoms with van der Waals surface area (Å²) >= 11 is 0. The number of imide groups is 1. The number of ether oxygens (including phenoxy) is 9. The average Bonchev–Trinajstić information content (AvgIpc) is 3.65. The predicted octanol–water partition coefficient (Wildman–Crippen LogP) is 3.25. The lowest BCUT2D eigenvalue weighted by Gasteiger charge is -2.32. The van der Waals surface area contributed by atoms with Gasteiger partial charge >= 0.3 is 13.1 Å². The van der Waals surface area contributed by atoms with Crippen LogP contribution in [-0.4, -0.2) is 159 Å². The van der Waals surface area contributed by atoms with Crippen molar-refractivity contribution in [3.05, 3.63) is 36.4 Å². The third kappa shape index (κ3) is 21.2. The molecule has 0 aromatic heterocycles. The van der Waals surface area contributed by atoms with Gasteiger partial charge in [0.1, 0.15) is 18.1 Å². The zero-order valence-electron chi connectivity index (χ0n) is 35.6. The number of ketones is 1. The molecule has 3 rings (SSSR count). The fourth-order valence-electron chi connectivity index (χ4n) is 5.53. The molecule has 17 heteroatoms. The van der Waals surface area contributed by atoms with Gasteiger partial charge in [-0.2, -0.15) is 0 Å². The molecule has 16 nitrogen and oxygen atoms in total. The van der Waals surface area contributed by atoms with E-state index in [4.69, 9.17) is 51.9 Å². The van der Waals surface area contributed by atoms with E-state index >= 15 is 0 Å². The molecule has 2 heterocycles. The number of hydrogen-bond donors (Lipinski definition) is 0. The topological polar surface area (TPSA) is 173 Å². The molecule has 0 N–H and O–H groups in total. The number of carbonyl (C=O) groups is 4. The molecule has 0 saturated carbocycles. The lowest BCUT2D eigenvalue weighted by atomic mass is 9.79. The molecule has 0 radical (unpaired) electrons. The highest BCUT2D eigenvalue weighted by Crippen LogP contribution is 2.36. The Morgan fingerprint density at radius 3 is 1.49 bits per heavy atom. The summed E-state index contributed by atoms with van der Waals surface area (Å²) in [6.45, 7) is 15.1. The first-order valence-electron chi connectivity index (χ1n) is 20.8. The number of esters is 1. The first-order chi connectivity index (χ1) is 28.5. The second-order valence-corrected chi connectivity index (χ2v) is 14.9. The molecule has 1 aromatic carbocycles. The number of rotatable bonds is 36. The number of amides is 2. The van der Waals surface area contributed by atoms with Crippen molar-refractivity contribution in [2.24, 2.45) is 0 Å². The third-order valence-electron chi connectivity index (χ3n) is 9.68. The van der Waals surface area contributed by atoms with Gasteiger partial charge in [-0.1, -0.05) is 12.1 Å². The van der Waals surface area contributed by atoms with Crippen LogP contribution < -0.4 is 10.2 Å². The van der Waals surface area contributed by atoms with Crippen molar-refractivity contribution in [3.8, 4) is 5.75 Å². The normalized spacial score (nSPS) is 15.7. The van der Waals surface area contributed by atoms with Crippen LogP contribution in [0.1, 0.15) is 72.6 Å². The van der Waals surface area contributed by atoms with E-state index in [-0.39, 0.29) is 54.3 Å². The van der Waals surface area contributed by atoms with Crippen molar-refractivity contribution in [2.45, 2.75) is 83.8 Å². The molecule has 1 aromatic rings. The van der Waals surface area contributed by atoms with Crippen LogP contribution in [0.25, 0.3) is 0 Å². The third-order valence-corrected chi connectivity index (χ3v) is 9.68. The smallest absolute Gasteiger partial charge is 0.494 e. The Bertz CT molecular complexity index is 1360. The molecule has 0 unspecified atom stereocenters. The van der Waals surface area contributed by atoms with Crippen molar-refractivity contribution in [1.82, 2.24) is 4.90 Å². The van der Waals surface area contributed by atoms with E-state index in [1.807, 2.05) is 52.0 Å². The van der Waals surface area contributed by atoms with E-state index in [9.17, 15) is 19.2 Å². The van der Waals surface area contributed by atoms with Crippen molar-refractivity contribution in [1.29, 1.82) is 0 Å². The SMILES string of the molecule is CC1(C)OB(c2ccc(OCCCCCC(=O)OCCOCCOCCOCCOCCOCCOCCOCCCC(=O)CCN3C(=O)C=CC3=O)cc2)OC1(C)C. The largest absolute Gasteiger partial charge is 0.494 e. The van der Waals surface area contributed by atoms with Gasteiger partial charge < -0.3 is 51.9 Å². The number of carbonyl (C=O) groups excluding carboxylic acids is 4. The lowest BCUT2D eigenvalue weighted by Crippen LogP contribution is -2.41. The molecule has 2 aliphatic heterocycles. The highest BCUT2D eigenvalue weighted by Gasteiger charge is 2.51. The maximum Gasteiger partial charge on any atom is 0.494 e. The minimum absolute atomic E-state index is 0.00864. The highest BCUT2D eigenvalue weighted by molar-refractivity contribution is 6.62. The van der Waals surface area contributed by atoms with Crippen molar-refractivity contribution in [3.63, 3.8) is 0 Å². The van der Waals surface area contributed by atoms with Crippen LogP contribution in [0.2, 0.25) is 0 Å². The maximum atomic E-state index is 12.0. The summed E-state index contributed by atoms with van der Waals surface area (Å²) in [5.41, 5.74) is 0.207. The van der Waals surface area contributed by atoms with Crippen LogP contribution in [-0.2, 0) is 66.4 Å². The minimum Gasteiger partial charge on any atom is -0.494 e. The van der Waals surface area contributed by atoms with Crippen LogP contribution in [0.15, 0.2) is 36.4 Å². The van der Waals surface area contributed by atoms with E-state index in [0.29, 0.717) is 118 Å². The van der Waals surface area contributed by atoms with Gasteiger partial charge in [0, 0.05) is 44.6 Å². The molecule has 2 amide bonds. The molecule has 1 fully saturated rings. The van der Waals surface area contributed by atoms with Gasteiger partial charge in [-0.15, -0.1) is 0 Å². The Kier molecular flexibility index (Phi) is 24.7. The molecular weight excluding hydrogens is 769 g/mol. The van der Waals surface area contributed by atoms with Gasteiger partial charge in [-0.05, 0) is 71.0 Å². The number of nitrogens with zero attached hydrogens (tertiary/aromatic N) is 1. The monoisotopic (exact) mass is 835 g/mol. The van der Waals surface area contributed by atoms with Crippen LogP contribution in [0.3, 0.4) is 0 Å². The van der Waals surface area contributed by atoms with Crippen molar-refractivity contribution >= 4 is 36.1 Å². The van der Waals surface area contributed by atoms with Gasteiger partial charge in [0.25, 0.3) is 11.8 Å². The minimum atomic E-state index is -0.393. The Balaban J connectivity index is 0.955. The number of unbranched alkanes of at least 4 members (excludes halogenated alkanes) is 2. The fraction of sp³-hybridized carbons (Fsp3) is 0.714. The summed E-state index contributed by atoms with van der Waals surface area (Å²) in [4.78, 5) is 48.0. The molecule has 2 aliphatic rings. The summed E-state index contributed by atoms with van der Waals surface area (Å²) < 4.78 is 61.6. The van der Waals surface area contributed by atoms with E-state index in [2.05, 4.69) is 0 Å². The van der Waals surface area contributed by atoms with Crippen LogP contribution in [0.4, 0.5) is 0 Å². The molecule has 59 heavy (non-hydrogen) atoms. The zero-order chi connectivity index (χ0) is 42.6. The van der Waals surface area contributed by atoms with Crippen molar-refractivity contribution < 1.29 is 71.1 Å². The molecule has 0 bridgehead atoms. The van der Waals surface area contributed by atoms with Gasteiger partial charge in [-0.3, -0.25) is 24.1 Å². The standard InChI is InChI=1S/C42H66BNO15/c1-41(2)42(3,4)59-43(58-41)35-11-13-37(14-12-35)56-20-7-5-6-10-40(48)57-34-33-55-32-31-54-30-29-53-28-27-52-26-25-51-24-23-50-22-21-49-19-8-9-36(45)17-18-44-38(46)15-16-39(44)47/h11-16H,5-10,17-34H2,1-4H3. The second kappa shape index (κ2) is 29.1. The van der Waals surface area contributed by atoms with E-state index in [0.717, 1.165) is 35.4 Å². The van der Waals surface area contributed by atoms with Crippen LogP contribution in [0.5, 0.6) is 5.75 Å². The molecule has 332 valence electrons. The van der Waals surface area contributed by atoms with Crippen molar-refractivity contribution in [2.75, 3.05) is 112 Å². The summed E-state index contributed by atoms with van der Waals surface area (Å²) in [6, 6.07) is 7.79. The second-order valence-electron chi connectivity index (χ2n) is 14.9. The van der Waals surface area contributed by atoms with Gasteiger partial charge in [0.2, 0.25) is 0 Å². The molecule has 0 spiro atoms. The predicted molar refractivity (Wildman–Crippen MR) is 218 cm³/mol. The van der Waals surface area contributed by atoms with E-state index in [1.54, 1.807) is 0 Å². The summed E-state index contributed by atoms with van der Waals surface area (Å²) in [6.07, 6.45) is 6.31. The average molecular weight is 836 g/mol. The molecule has 1 saturated heterocycles. The van der Waals surface area contributed by atoms with Crippen LogP contribution in [0, 0.1) is 0 Å². The Morgan fingerprint density at radius 1 is 0.542 bits per heavy atom. The summed E-state index contributed by atoms with van der Waals surface area (Å²) in [5, 5.41) is 0. The zero-order valence-corrected chi connectivity index (χ0v) is 35.6. The fourth-order valence-corrected chi connectivity index (χ4v) is 5.53. The molecule has 0 atom stereocenters. The number of Topliss-reactive ketones (excluding diaryl/α,β-unsaturated/α-hetero) is 1. The first kappa shape index (κ1) is 50.1. The lowest BCUT2D eigenvalue weighted by molar-refractivity contribution is -0.145.